The predicted molar refractivity (Wildman–Crippen MR) is 94.7 cm³/mol. The maximum atomic E-state index is 12.1. The lowest BCUT2D eigenvalue weighted by Crippen LogP contribution is -2.13. The molecule has 24 heavy (non-hydrogen) atoms. The van der Waals surface area contributed by atoms with E-state index in [0.717, 1.165) is 0 Å². The van der Waals surface area contributed by atoms with E-state index < -0.39 is 5.97 Å². The van der Waals surface area contributed by atoms with Crippen LogP contribution in [0.25, 0.3) is 0 Å². The van der Waals surface area contributed by atoms with Crippen molar-refractivity contribution in [3.05, 3.63) is 51.0 Å². The summed E-state index contributed by atoms with van der Waals surface area (Å²) in [5.74, 6) is 0.133. The summed E-state index contributed by atoms with van der Waals surface area (Å²) in [6, 6.07) is 7.70. The van der Waals surface area contributed by atoms with E-state index in [1.807, 2.05) is 0 Å². The number of hydrogen-bond acceptors (Lipinski definition) is 5. The first kappa shape index (κ1) is 18.5. The monoisotopic (exact) mass is 389 g/mol. The van der Waals surface area contributed by atoms with Gasteiger partial charge in [0.2, 0.25) is 0 Å². The molecule has 0 aliphatic heterocycles. The van der Waals surface area contributed by atoms with E-state index in [4.69, 9.17) is 54.7 Å². The third-order valence-electron chi connectivity index (χ3n) is 3.01. The molecule has 0 amide bonds. The van der Waals surface area contributed by atoms with Gasteiger partial charge in [-0.1, -0.05) is 34.8 Å². The number of esters is 1. The van der Waals surface area contributed by atoms with Crippen LogP contribution < -0.4 is 15.2 Å². The summed E-state index contributed by atoms with van der Waals surface area (Å²) in [4.78, 5) is 12.1. The lowest BCUT2D eigenvalue weighted by atomic mass is 10.2. The summed E-state index contributed by atoms with van der Waals surface area (Å²) in [6.07, 6.45) is 0. The zero-order valence-corrected chi connectivity index (χ0v) is 14.9. The molecule has 2 rings (SSSR count). The quantitative estimate of drug-likeness (QED) is 0.447. The van der Waals surface area contributed by atoms with Gasteiger partial charge in [0.15, 0.2) is 0 Å². The van der Waals surface area contributed by atoms with Crippen molar-refractivity contribution in [3.63, 3.8) is 0 Å². The van der Waals surface area contributed by atoms with Gasteiger partial charge in [-0.15, -0.1) is 0 Å². The summed E-state index contributed by atoms with van der Waals surface area (Å²) in [5.41, 5.74) is 6.16. The fraction of sp³-hybridized carbons (Fsp3) is 0.188. The molecule has 0 radical (unpaired) electrons. The number of methoxy groups -OCH3 is 1. The van der Waals surface area contributed by atoms with Crippen LogP contribution in [0, 0.1) is 0 Å². The molecule has 0 atom stereocenters. The maximum Gasteiger partial charge on any atom is 0.342 e. The van der Waals surface area contributed by atoms with Crippen LogP contribution in [-0.4, -0.2) is 26.3 Å². The highest BCUT2D eigenvalue weighted by atomic mass is 35.5. The molecule has 0 bridgehead atoms. The number of carbonyl (C=O) groups is 1. The zero-order valence-electron chi connectivity index (χ0n) is 12.6. The number of halogens is 3. The third kappa shape index (κ3) is 4.60. The molecule has 5 nitrogen and oxygen atoms in total. The summed E-state index contributed by atoms with van der Waals surface area (Å²) in [6.45, 7) is 0.140. The second-order valence-corrected chi connectivity index (χ2v) is 5.88. The van der Waals surface area contributed by atoms with Crippen molar-refractivity contribution in [2.24, 2.45) is 0 Å². The van der Waals surface area contributed by atoms with Crippen LogP contribution in [0.15, 0.2) is 30.3 Å². The van der Waals surface area contributed by atoms with E-state index >= 15 is 0 Å². The van der Waals surface area contributed by atoms with E-state index in [2.05, 4.69) is 0 Å². The van der Waals surface area contributed by atoms with E-state index in [-0.39, 0.29) is 29.5 Å². The van der Waals surface area contributed by atoms with Crippen LogP contribution in [0.3, 0.4) is 0 Å². The van der Waals surface area contributed by atoms with Gasteiger partial charge in [-0.3, -0.25) is 0 Å². The molecular weight excluding hydrogens is 377 g/mol. The number of nitrogen functional groups attached to an aromatic ring is 1. The van der Waals surface area contributed by atoms with Gasteiger partial charge in [-0.2, -0.15) is 0 Å². The van der Waals surface area contributed by atoms with Crippen molar-refractivity contribution in [1.82, 2.24) is 0 Å². The molecule has 8 heteroatoms. The first-order valence-electron chi connectivity index (χ1n) is 6.80. The van der Waals surface area contributed by atoms with Gasteiger partial charge in [-0.05, 0) is 24.3 Å². The van der Waals surface area contributed by atoms with Gasteiger partial charge in [-0.25, -0.2) is 4.79 Å². The molecule has 128 valence electrons. The Labute approximate surface area is 154 Å². The van der Waals surface area contributed by atoms with Gasteiger partial charge in [0.1, 0.15) is 30.3 Å². The van der Waals surface area contributed by atoms with Gasteiger partial charge in [0.05, 0.1) is 22.8 Å². The van der Waals surface area contributed by atoms with E-state index in [1.165, 1.54) is 19.2 Å². The average Bonchev–Trinajstić information content (AvgIpc) is 2.55. The van der Waals surface area contributed by atoms with Crippen molar-refractivity contribution in [1.29, 1.82) is 0 Å². The largest absolute Gasteiger partial charge is 0.496 e. The molecule has 0 unspecified atom stereocenters. The lowest BCUT2D eigenvalue weighted by molar-refractivity contribution is 0.0447. The molecule has 0 heterocycles. The molecule has 0 aliphatic rings. The van der Waals surface area contributed by atoms with Crippen molar-refractivity contribution in [3.8, 4) is 11.5 Å². The van der Waals surface area contributed by atoms with Gasteiger partial charge in [0, 0.05) is 11.1 Å². The molecule has 0 fully saturated rings. The molecular formula is C16H14Cl3NO4. The standard InChI is InChI=1S/C16H14Cl3NO4/c1-22-15-8-13(20)11(18)7-10(15)16(21)24-5-4-23-14-3-2-9(17)6-12(14)19/h2-3,6-8H,4-5,20H2,1H3. The Morgan fingerprint density at radius 3 is 2.46 bits per heavy atom. The van der Waals surface area contributed by atoms with Crippen LogP contribution >= 0.6 is 34.8 Å². The minimum Gasteiger partial charge on any atom is -0.496 e. The van der Waals surface area contributed by atoms with Gasteiger partial charge >= 0.3 is 5.97 Å². The Morgan fingerprint density at radius 2 is 1.79 bits per heavy atom. The Hall–Kier alpha value is -1.82. The Morgan fingerprint density at radius 1 is 1.04 bits per heavy atom. The first-order valence-corrected chi connectivity index (χ1v) is 7.93. The first-order chi connectivity index (χ1) is 11.4. The highest BCUT2D eigenvalue weighted by Gasteiger charge is 2.16. The van der Waals surface area contributed by atoms with E-state index in [0.29, 0.717) is 21.5 Å². The van der Waals surface area contributed by atoms with Crippen molar-refractivity contribution >= 4 is 46.5 Å². The normalized spacial score (nSPS) is 10.3. The molecule has 0 aliphatic carbocycles. The van der Waals surface area contributed by atoms with Crippen molar-refractivity contribution in [2.45, 2.75) is 0 Å². The topological polar surface area (TPSA) is 70.8 Å². The fourth-order valence-electron chi connectivity index (χ4n) is 1.85. The molecule has 0 saturated carbocycles. The Bertz CT molecular complexity index is 752. The Balaban J connectivity index is 1.93. The summed E-state index contributed by atoms with van der Waals surface area (Å²) < 4.78 is 15.7. The SMILES string of the molecule is COc1cc(N)c(Cl)cc1C(=O)OCCOc1ccc(Cl)cc1Cl. The predicted octanol–water partition coefficient (Wildman–Crippen LogP) is 4.47. The second kappa shape index (κ2) is 8.33. The second-order valence-electron chi connectivity index (χ2n) is 4.63. The average molecular weight is 391 g/mol. The highest BCUT2D eigenvalue weighted by Crippen LogP contribution is 2.29. The van der Waals surface area contributed by atoms with Crippen LogP contribution in [0.1, 0.15) is 10.4 Å². The molecule has 0 saturated heterocycles. The fourth-order valence-corrected chi connectivity index (χ4v) is 2.48. The minimum absolute atomic E-state index is 0.0168. The lowest BCUT2D eigenvalue weighted by Gasteiger charge is -2.11. The number of carbonyl (C=O) groups excluding carboxylic acids is 1. The molecule has 2 N–H and O–H groups in total. The maximum absolute atomic E-state index is 12.1. The van der Waals surface area contributed by atoms with Gasteiger partial charge < -0.3 is 19.9 Å². The van der Waals surface area contributed by atoms with E-state index in [1.54, 1.807) is 18.2 Å². The number of benzene rings is 2. The number of ether oxygens (including phenoxy) is 3. The highest BCUT2D eigenvalue weighted by molar-refractivity contribution is 6.35. The number of hydrogen-bond donors (Lipinski definition) is 1. The Kier molecular flexibility index (Phi) is 6.43. The van der Waals surface area contributed by atoms with Crippen LogP contribution in [0.4, 0.5) is 5.69 Å². The smallest absolute Gasteiger partial charge is 0.342 e. The minimum atomic E-state index is -0.598. The van der Waals surface area contributed by atoms with Crippen LogP contribution in [0.5, 0.6) is 11.5 Å². The van der Waals surface area contributed by atoms with E-state index in [9.17, 15) is 4.79 Å². The van der Waals surface area contributed by atoms with Gasteiger partial charge in [0.25, 0.3) is 0 Å². The molecule has 2 aromatic carbocycles. The molecule has 0 spiro atoms. The summed E-state index contributed by atoms with van der Waals surface area (Å²) in [5, 5.41) is 1.12. The van der Waals surface area contributed by atoms with Crippen molar-refractivity contribution in [2.75, 3.05) is 26.1 Å². The summed E-state index contributed by atoms with van der Waals surface area (Å²) in [7, 11) is 1.42. The molecule has 0 aromatic heterocycles. The number of rotatable bonds is 6. The summed E-state index contributed by atoms with van der Waals surface area (Å²) >= 11 is 17.7. The van der Waals surface area contributed by atoms with Crippen molar-refractivity contribution < 1.29 is 19.0 Å². The molecule has 2 aromatic rings. The number of nitrogens with two attached hydrogens (primary N) is 1. The van der Waals surface area contributed by atoms with Crippen LogP contribution in [0.2, 0.25) is 15.1 Å². The number of anilines is 1. The van der Waals surface area contributed by atoms with Crippen LogP contribution in [-0.2, 0) is 4.74 Å². The zero-order chi connectivity index (χ0) is 17.7. The third-order valence-corrected chi connectivity index (χ3v) is 3.86.